The van der Waals surface area contributed by atoms with Gasteiger partial charge in [-0.1, -0.05) is 12.1 Å². The molecule has 0 aliphatic rings. The number of hydrogen-bond donors (Lipinski definition) is 1. The number of hydrogen-bond acceptors (Lipinski definition) is 2. The van der Waals surface area contributed by atoms with Crippen molar-refractivity contribution in [2.75, 3.05) is 0 Å². The van der Waals surface area contributed by atoms with E-state index in [2.05, 4.69) is 5.10 Å². The van der Waals surface area contributed by atoms with Crippen molar-refractivity contribution in [3.63, 3.8) is 0 Å². The van der Waals surface area contributed by atoms with Gasteiger partial charge in [0.25, 0.3) is 0 Å². The van der Waals surface area contributed by atoms with E-state index in [9.17, 15) is 4.79 Å². The highest BCUT2D eigenvalue weighted by Gasteiger charge is 2.03. The third-order valence-electron chi connectivity index (χ3n) is 2.47. The second-order valence-corrected chi connectivity index (χ2v) is 3.69. The van der Waals surface area contributed by atoms with Crippen molar-refractivity contribution in [1.82, 2.24) is 9.78 Å². The van der Waals surface area contributed by atoms with Crippen LogP contribution in [-0.4, -0.2) is 15.7 Å². The van der Waals surface area contributed by atoms with Gasteiger partial charge in [-0.3, -0.25) is 9.48 Å². The lowest BCUT2D eigenvalue weighted by molar-refractivity contribution is 0.1000. The second-order valence-electron chi connectivity index (χ2n) is 3.69. The minimum Gasteiger partial charge on any atom is -0.366 e. The molecular formula is C12H13N3O. The molecule has 2 rings (SSSR count). The van der Waals surface area contributed by atoms with Crippen molar-refractivity contribution < 1.29 is 4.79 Å². The maximum absolute atomic E-state index is 11.0. The molecule has 2 aromatic rings. The summed E-state index contributed by atoms with van der Waals surface area (Å²) in [5, 5.41) is 4.19. The number of carbonyl (C=O) groups excluding carboxylic acids is 1. The number of rotatable bonds is 3. The summed E-state index contributed by atoms with van der Waals surface area (Å²) >= 11 is 0. The number of aryl methyl sites for hydroxylation is 1. The Bertz CT molecular complexity index is 516. The van der Waals surface area contributed by atoms with Crippen molar-refractivity contribution in [2.45, 2.75) is 13.5 Å². The molecular weight excluding hydrogens is 202 g/mol. The number of primary amides is 1. The van der Waals surface area contributed by atoms with E-state index in [1.165, 1.54) is 0 Å². The zero-order chi connectivity index (χ0) is 11.5. The van der Waals surface area contributed by atoms with Crippen LogP contribution in [0.15, 0.2) is 36.5 Å². The lowest BCUT2D eigenvalue weighted by atomic mass is 10.1. The fraction of sp³-hybridized carbons (Fsp3) is 0.167. The fourth-order valence-corrected chi connectivity index (χ4v) is 1.56. The first-order valence-electron chi connectivity index (χ1n) is 5.04. The Morgan fingerprint density at radius 2 is 2.25 bits per heavy atom. The molecule has 0 atom stereocenters. The number of nitrogens with two attached hydrogens (primary N) is 1. The summed E-state index contributed by atoms with van der Waals surface area (Å²) in [6.45, 7) is 2.64. The summed E-state index contributed by atoms with van der Waals surface area (Å²) in [5.41, 5.74) is 7.86. The minimum atomic E-state index is -0.404. The zero-order valence-corrected chi connectivity index (χ0v) is 9.05. The van der Waals surface area contributed by atoms with Crippen LogP contribution in [0.2, 0.25) is 0 Å². The van der Waals surface area contributed by atoms with Gasteiger partial charge in [0.05, 0.1) is 6.54 Å². The van der Waals surface area contributed by atoms with Gasteiger partial charge >= 0.3 is 0 Å². The molecule has 1 heterocycles. The van der Waals surface area contributed by atoms with Gasteiger partial charge in [0.2, 0.25) is 5.91 Å². The number of amides is 1. The SMILES string of the molecule is Cc1ccnn1Cc1cccc(C(N)=O)c1. The van der Waals surface area contributed by atoms with Crippen molar-refractivity contribution in [2.24, 2.45) is 5.73 Å². The van der Waals surface area contributed by atoms with Crippen LogP contribution in [0.4, 0.5) is 0 Å². The van der Waals surface area contributed by atoms with Crippen molar-refractivity contribution in [3.8, 4) is 0 Å². The lowest BCUT2D eigenvalue weighted by Gasteiger charge is -2.05. The molecule has 1 aromatic carbocycles. The molecule has 0 aliphatic heterocycles. The largest absolute Gasteiger partial charge is 0.366 e. The Morgan fingerprint density at radius 3 is 2.88 bits per heavy atom. The topological polar surface area (TPSA) is 60.9 Å². The average molecular weight is 215 g/mol. The van der Waals surface area contributed by atoms with E-state index in [-0.39, 0.29) is 0 Å². The predicted octanol–water partition coefficient (Wildman–Crippen LogP) is 1.34. The maximum Gasteiger partial charge on any atom is 0.248 e. The predicted molar refractivity (Wildman–Crippen MR) is 61.0 cm³/mol. The van der Waals surface area contributed by atoms with Gasteiger partial charge in [-0.25, -0.2) is 0 Å². The lowest BCUT2D eigenvalue weighted by Crippen LogP contribution is -2.11. The molecule has 0 radical (unpaired) electrons. The first-order chi connectivity index (χ1) is 7.66. The van der Waals surface area contributed by atoms with Crippen LogP contribution in [0, 0.1) is 6.92 Å². The number of nitrogens with zero attached hydrogens (tertiary/aromatic N) is 2. The summed E-state index contributed by atoms with van der Waals surface area (Å²) in [7, 11) is 0. The molecule has 0 unspecified atom stereocenters. The molecule has 2 N–H and O–H groups in total. The third-order valence-corrected chi connectivity index (χ3v) is 2.47. The van der Waals surface area contributed by atoms with Crippen LogP contribution in [0.1, 0.15) is 21.6 Å². The Morgan fingerprint density at radius 1 is 1.44 bits per heavy atom. The number of aromatic nitrogens is 2. The van der Waals surface area contributed by atoms with Crippen LogP contribution >= 0.6 is 0 Å². The van der Waals surface area contributed by atoms with E-state index in [1.54, 1.807) is 18.3 Å². The van der Waals surface area contributed by atoms with Crippen molar-refractivity contribution >= 4 is 5.91 Å². The first-order valence-corrected chi connectivity index (χ1v) is 5.04. The van der Waals surface area contributed by atoms with E-state index in [0.29, 0.717) is 12.1 Å². The van der Waals surface area contributed by atoms with Gasteiger partial charge in [0.1, 0.15) is 0 Å². The molecule has 1 amide bonds. The normalized spacial score (nSPS) is 10.3. The minimum absolute atomic E-state index is 0.404. The Balaban J connectivity index is 2.25. The highest BCUT2D eigenvalue weighted by atomic mass is 16.1. The van der Waals surface area contributed by atoms with Crippen LogP contribution in [0.5, 0.6) is 0 Å². The second kappa shape index (κ2) is 4.18. The van der Waals surface area contributed by atoms with Gasteiger partial charge in [0, 0.05) is 17.5 Å². The summed E-state index contributed by atoms with van der Waals surface area (Å²) in [6.07, 6.45) is 1.76. The van der Waals surface area contributed by atoms with Crippen LogP contribution in [-0.2, 0) is 6.54 Å². The number of benzene rings is 1. The fourth-order valence-electron chi connectivity index (χ4n) is 1.56. The Kier molecular flexibility index (Phi) is 2.72. The van der Waals surface area contributed by atoms with E-state index in [0.717, 1.165) is 11.3 Å². The number of carbonyl (C=O) groups is 1. The van der Waals surface area contributed by atoms with E-state index in [4.69, 9.17) is 5.73 Å². The van der Waals surface area contributed by atoms with Crippen LogP contribution in [0.25, 0.3) is 0 Å². The van der Waals surface area contributed by atoms with Gasteiger partial charge < -0.3 is 5.73 Å². The van der Waals surface area contributed by atoms with Crippen LogP contribution in [0.3, 0.4) is 0 Å². The van der Waals surface area contributed by atoms with Crippen molar-refractivity contribution in [3.05, 3.63) is 53.3 Å². The molecule has 4 heteroatoms. The van der Waals surface area contributed by atoms with E-state index < -0.39 is 5.91 Å². The van der Waals surface area contributed by atoms with E-state index >= 15 is 0 Å². The van der Waals surface area contributed by atoms with Gasteiger partial charge in [0.15, 0.2) is 0 Å². The maximum atomic E-state index is 11.0. The van der Waals surface area contributed by atoms with Gasteiger partial charge in [-0.15, -0.1) is 0 Å². The van der Waals surface area contributed by atoms with Gasteiger partial charge in [-0.05, 0) is 30.7 Å². The summed E-state index contributed by atoms with van der Waals surface area (Å²) < 4.78 is 1.88. The molecule has 1 aromatic heterocycles. The molecule has 0 fully saturated rings. The highest BCUT2D eigenvalue weighted by Crippen LogP contribution is 2.07. The molecule has 4 nitrogen and oxygen atoms in total. The summed E-state index contributed by atoms with van der Waals surface area (Å²) in [4.78, 5) is 11.0. The van der Waals surface area contributed by atoms with Crippen LogP contribution < -0.4 is 5.73 Å². The Labute approximate surface area is 93.7 Å². The smallest absolute Gasteiger partial charge is 0.248 e. The monoisotopic (exact) mass is 215 g/mol. The average Bonchev–Trinajstić information content (AvgIpc) is 2.65. The van der Waals surface area contributed by atoms with Crippen molar-refractivity contribution in [1.29, 1.82) is 0 Å². The summed E-state index contributed by atoms with van der Waals surface area (Å²) in [6, 6.07) is 9.23. The standard InChI is InChI=1S/C12H13N3O/c1-9-5-6-14-15(9)8-10-3-2-4-11(7-10)12(13)16/h2-7H,8H2,1H3,(H2,13,16). The molecule has 0 saturated carbocycles. The molecule has 0 saturated heterocycles. The van der Waals surface area contributed by atoms with Gasteiger partial charge in [-0.2, -0.15) is 5.10 Å². The molecule has 0 aliphatic carbocycles. The zero-order valence-electron chi connectivity index (χ0n) is 9.05. The Hall–Kier alpha value is -2.10. The van der Waals surface area contributed by atoms with E-state index in [1.807, 2.05) is 29.8 Å². The third kappa shape index (κ3) is 2.11. The molecule has 0 bridgehead atoms. The highest BCUT2D eigenvalue weighted by molar-refractivity contribution is 5.92. The summed E-state index contributed by atoms with van der Waals surface area (Å²) in [5.74, 6) is -0.404. The molecule has 82 valence electrons. The first kappa shape index (κ1) is 10.4. The quantitative estimate of drug-likeness (QED) is 0.839. The molecule has 16 heavy (non-hydrogen) atoms. The molecule has 0 spiro atoms.